The molecule has 0 aliphatic rings. The molecule has 0 aliphatic heterocycles. The summed E-state index contributed by atoms with van der Waals surface area (Å²) < 4.78 is 5.60. The smallest absolute Gasteiger partial charge is 0.155 e. The second kappa shape index (κ2) is 6.26. The van der Waals surface area contributed by atoms with E-state index >= 15 is 0 Å². The molecule has 3 aromatic rings. The molecule has 0 saturated carbocycles. The molecule has 2 aromatic carbocycles. The Morgan fingerprint density at radius 1 is 1.14 bits per heavy atom. The summed E-state index contributed by atoms with van der Waals surface area (Å²) in [5, 5.41) is 6.81. The van der Waals surface area contributed by atoms with Gasteiger partial charge >= 0.3 is 0 Å². The molecule has 4 nitrogen and oxygen atoms in total. The zero-order valence-corrected chi connectivity index (χ0v) is 12.4. The third-order valence-electron chi connectivity index (χ3n) is 3.30. The molecule has 0 spiro atoms. The first-order valence-corrected chi connectivity index (χ1v) is 7.08. The minimum atomic E-state index is 0.501. The first-order chi connectivity index (χ1) is 10.8. The predicted octanol–water partition coefficient (Wildman–Crippen LogP) is 4.01. The van der Waals surface area contributed by atoms with Crippen LogP contribution in [-0.2, 0) is 0 Å². The Labute approximate surface area is 129 Å². The number of aryl methyl sites for hydroxylation is 1. The molecule has 110 valence electrons. The first kappa shape index (κ1) is 14.1. The molecule has 0 radical (unpaired) electrons. The average Bonchev–Trinajstić information content (AvgIpc) is 3.07. The van der Waals surface area contributed by atoms with E-state index in [1.165, 1.54) is 11.9 Å². The molecule has 0 amide bonds. The van der Waals surface area contributed by atoms with Gasteiger partial charge in [0.15, 0.2) is 5.82 Å². The number of H-pyrrole nitrogens is 1. The Hall–Kier alpha value is -2.88. The van der Waals surface area contributed by atoms with Crippen molar-refractivity contribution < 1.29 is 4.74 Å². The number of aromatic amines is 1. The summed E-state index contributed by atoms with van der Waals surface area (Å²) in [7, 11) is 0. The fraction of sp³-hybridized carbons (Fsp3) is 0.111. The summed E-state index contributed by atoms with van der Waals surface area (Å²) in [5.41, 5.74) is 4.41. The van der Waals surface area contributed by atoms with Crippen molar-refractivity contribution in [1.29, 1.82) is 0 Å². The molecule has 0 saturated heterocycles. The fourth-order valence-electron chi connectivity index (χ4n) is 2.35. The largest absolute Gasteiger partial charge is 0.490 e. The van der Waals surface area contributed by atoms with Crippen molar-refractivity contribution in [2.75, 3.05) is 6.61 Å². The third kappa shape index (κ3) is 3.06. The third-order valence-corrected chi connectivity index (χ3v) is 3.30. The van der Waals surface area contributed by atoms with Crippen LogP contribution in [0.15, 0.2) is 61.4 Å². The van der Waals surface area contributed by atoms with Crippen molar-refractivity contribution in [3.8, 4) is 28.3 Å². The van der Waals surface area contributed by atoms with Crippen LogP contribution in [-0.4, -0.2) is 21.8 Å². The number of rotatable bonds is 5. The lowest BCUT2D eigenvalue weighted by Crippen LogP contribution is -1.93. The van der Waals surface area contributed by atoms with E-state index < -0.39 is 0 Å². The van der Waals surface area contributed by atoms with Crippen LogP contribution in [0.3, 0.4) is 0 Å². The maximum atomic E-state index is 5.60. The molecule has 1 heterocycles. The van der Waals surface area contributed by atoms with Gasteiger partial charge in [-0.1, -0.05) is 30.9 Å². The van der Waals surface area contributed by atoms with Crippen LogP contribution in [0.2, 0.25) is 0 Å². The Morgan fingerprint density at radius 3 is 2.77 bits per heavy atom. The molecule has 1 N–H and O–H groups in total. The summed E-state index contributed by atoms with van der Waals surface area (Å²) >= 11 is 0. The van der Waals surface area contributed by atoms with Gasteiger partial charge in [-0.15, -0.1) is 0 Å². The van der Waals surface area contributed by atoms with Crippen LogP contribution in [0.25, 0.3) is 22.5 Å². The van der Waals surface area contributed by atoms with Crippen molar-refractivity contribution in [3.63, 3.8) is 0 Å². The van der Waals surface area contributed by atoms with E-state index in [0.29, 0.717) is 6.61 Å². The Balaban J connectivity index is 1.99. The number of nitrogens with zero attached hydrogens (tertiary/aromatic N) is 2. The molecule has 0 fully saturated rings. The fourth-order valence-corrected chi connectivity index (χ4v) is 2.35. The average molecular weight is 291 g/mol. The van der Waals surface area contributed by atoms with Crippen LogP contribution in [0, 0.1) is 6.92 Å². The van der Waals surface area contributed by atoms with Crippen LogP contribution >= 0.6 is 0 Å². The van der Waals surface area contributed by atoms with Gasteiger partial charge in [0.05, 0.1) is 0 Å². The van der Waals surface area contributed by atoms with E-state index in [4.69, 9.17) is 4.74 Å². The summed E-state index contributed by atoms with van der Waals surface area (Å²) in [6, 6.07) is 14.4. The number of aromatic nitrogens is 3. The van der Waals surface area contributed by atoms with Crippen molar-refractivity contribution in [2.24, 2.45) is 0 Å². The molecule has 1 aromatic heterocycles. The van der Waals surface area contributed by atoms with E-state index in [-0.39, 0.29) is 0 Å². The Morgan fingerprint density at radius 2 is 2.00 bits per heavy atom. The summed E-state index contributed by atoms with van der Waals surface area (Å²) in [6.45, 7) is 6.24. The van der Waals surface area contributed by atoms with Crippen molar-refractivity contribution >= 4 is 0 Å². The molecular formula is C18H17N3O. The lowest BCUT2D eigenvalue weighted by molar-refractivity contribution is 0.363. The van der Waals surface area contributed by atoms with E-state index in [2.05, 4.69) is 52.9 Å². The number of ether oxygens (including phenoxy) is 1. The van der Waals surface area contributed by atoms with Crippen LogP contribution in [0.1, 0.15) is 5.56 Å². The van der Waals surface area contributed by atoms with Gasteiger partial charge in [-0.3, -0.25) is 5.10 Å². The van der Waals surface area contributed by atoms with E-state index in [0.717, 1.165) is 28.3 Å². The molecule has 0 atom stereocenters. The zero-order chi connectivity index (χ0) is 15.4. The van der Waals surface area contributed by atoms with Gasteiger partial charge in [-0.25, -0.2) is 4.98 Å². The maximum Gasteiger partial charge on any atom is 0.155 e. The molecular weight excluding hydrogens is 274 g/mol. The quantitative estimate of drug-likeness (QED) is 0.722. The highest BCUT2D eigenvalue weighted by Gasteiger charge is 2.06. The highest BCUT2D eigenvalue weighted by Crippen LogP contribution is 2.28. The summed E-state index contributed by atoms with van der Waals surface area (Å²) in [5.74, 6) is 1.60. The minimum Gasteiger partial charge on any atom is -0.490 e. The monoisotopic (exact) mass is 291 g/mol. The Kier molecular flexibility index (Phi) is 4.01. The summed E-state index contributed by atoms with van der Waals surface area (Å²) in [6.07, 6.45) is 3.25. The van der Waals surface area contributed by atoms with Crippen LogP contribution < -0.4 is 4.74 Å². The number of hydrogen-bond acceptors (Lipinski definition) is 3. The van der Waals surface area contributed by atoms with E-state index in [1.807, 2.05) is 18.2 Å². The second-order valence-corrected chi connectivity index (χ2v) is 5.05. The lowest BCUT2D eigenvalue weighted by Gasteiger charge is -2.09. The first-order valence-electron chi connectivity index (χ1n) is 7.08. The molecule has 0 aliphatic carbocycles. The summed E-state index contributed by atoms with van der Waals surface area (Å²) in [4.78, 5) is 4.22. The number of hydrogen-bond donors (Lipinski definition) is 1. The molecule has 22 heavy (non-hydrogen) atoms. The van der Waals surface area contributed by atoms with Gasteiger partial charge in [0.1, 0.15) is 18.7 Å². The normalized spacial score (nSPS) is 10.4. The van der Waals surface area contributed by atoms with Gasteiger partial charge < -0.3 is 4.74 Å². The van der Waals surface area contributed by atoms with Crippen molar-refractivity contribution in [3.05, 3.63) is 67.0 Å². The molecule has 0 bridgehead atoms. The predicted molar refractivity (Wildman–Crippen MR) is 87.7 cm³/mol. The van der Waals surface area contributed by atoms with Gasteiger partial charge in [0.2, 0.25) is 0 Å². The Bertz CT molecular complexity index is 779. The second-order valence-electron chi connectivity index (χ2n) is 5.05. The van der Waals surface area contributed by atoms with E-state index in [1.54, 1.807) is 6.08 Å². The van der Waals surface area contributed by atoms with Crippen LogP contribution in [0.4, 0.5) is 0 Å². The van der Waals surface area contributed by atoms with Crippen LogP contribution in [0.5, 0.6) is 5.75 Å². The number of benzene rings is 2. The zero-order valence-electron chi connectivity index (χ0n) is 12.4. The lowest BCUT2D eigenvalue weighted by atomic mass is 10.00. The number of nitrogens with one attached hydrogen (secondary N) is 1. The van der Waals surface area contributed by atoms with Crippen molar-refractivity contribution in [1.82, 2.24) is 15.2 Å². The molecule has 4 heteroatoms. The van der Waals surface area contributed by atoms with Gasteiger partial charge in [-0.05, 0) is 47.9 Å². The van der Waals surface area contributed by atoms with Gasteiger partial charge in [0, 0.05) is 5.56 Å². The van der Waals surface area contributed by atoms with Crippen molar-refractivity contribution in [2.45, 2.75) is 6.92 Å². The SMILES string of the molecule is C=CCOc1cccc(-c2cc(C)cc(-c3ncn[nH]3)c2)c1. The molecule has 0 unspecified atom stereocenters. The highest BCUT2D eigenvalue weighted by molar-refractivity contribution is 5.72. The standard InChI is InChI=1S/C18H17N3O/c1-3-7-22-17-6-4-5-14(11-17)15-8-13(2)9-16(10-15)18-19-12-20-21-18/h3-6,8-12H,1,7H2,2H3,(H,19,20,21). The molecule has 3 rings (SSSR count). The highest BCUT2D eigenvalue weighted by atomic mass is 16.5. The minimum absolute atomic E-state index is 0.501. The maximum absolute atomic E-state index is 5.60. The van der Waals surface area contributed by atoms with Gasteiger partial charge in [-0.2, -0.15) is 5.10 Å². The topological polar surface area (TPSA) is 50.8 Å². The van der Waals surface area contributed by atoms with E-state index in [9.17, 15) is 0 Å². The van der Waals surface area contributed by atoms with Gasteiger partial charge in [0.25, 0.3) is 0 Å².